The van der Waals surface area contributed by atoms with Gasteiger partial charge in [-0.15, -0.1) is 11.8 Å². The number of ether oxygens (including phenoxy) is 1. The quantitative estimate of drug-likeness (QED) is 0.625. The van der Waals surface area contributed by atoms with Gasteiger partial charge >= 0.3 is 0 Å². The molecule has 0 spiro atoms. The van der Waals surface area contributed by atoms with Crippen LogP contribution in [0.2, 0.25) is 0 Å². The number of nitrogens with one attached hydrogen (secondary N) is 2. The zero-order valence-corrected chi connectivity index (χ0v) is 17.2. The van der Waals surface area contributed by atoms with E-state index >= 15 is 0 Å². The van der Waals surface area contributed by atoms with E-state index in [0.717, 1.165) is 21.5 Å². The molecule has 0 aliphatic carbocycles. The SMILES string of the molecule is COc1ccc(C(C)NC(C)C(=O)Nc2ccc(SC)cc2)cc1Br. The predicted octanol–water partition coefficient (Wildman–Crippen LogP) is 4.86. The minimum Gasteiger partial charge on any atom is -0.496 e. The van der Waals surface area contributed by atoms with Crippen LogP contribution in [0.4, 0.5) is 5.69 Å². The largest absolute Gasteiger partial charge is 0.496 e. The van der Waals surface area contributed by atoms with Crippen LogP contribution in [0.25, 0.3) is 0 Å². The fourth-order valence-electron chi connectivity index (χ4n) is 2.42. The highest BCUT2D eigenvalue weighted by Crippen LogP contribution is 2.28. The highest BCUT2D eigenvalue weighted by molar-refractivity contribution is 9.10. The Morgan fingerprint density at radius 1 is 1.16 bits per heavy atom. The molecule has 4 nitrogen and oxygen atoms in total. The summed E-state index contributed by atoms with van der Waals surface area (Å²) < 4.78 is 6.14. The van der Waals surface area contributed by atoms with Crippen LogP contribution in [-0.4, -0.2) is 25.3 Å². The molecule has 0 radical (unpaired) electrons. The highest BCUT2D eigenvalue weighted by atomic mass is 79.9. The Labute approximate surface area is 161 Å². The molecule has 0 heterocycles. The molecule has 0 saturated carbocycles. The second-order valence-corrected chi connectivity index (χ2v) is 7.46. The smallest absolute Gasteiger partial charge is 0.241 e. The first kappa shape index (κ1) is 19.8. The van der Waals surface area contributed by atoms with Crippen LogP contribution in [0, 0.1) is 0 Å². The third kappa shape index (κ3) is 5.49. The number of thioether (sulfide) groups is 1. The molecule has 6 heteroatoms. The van der Waals surface area contributed by atoms with Crippen molar-refractivity contribution in [2.75, 3.05) is 18.7 Å². The molecular weight excluding hydrogens is 400 g/mol. The zero-order valence-electron chi connectivity index (χ0n) is 14.8. The van der Waals surface area contributed by atoms with E-state index in [1.54, 1.807) is 18.9 Å². The van der Waals surface area contributed by atoms with E-state index in [1.165, 1.54) is 4.90 Å². The number of hydrogen-bond acceptors (Lipinski definition) is 4. The first-order valence-electron chi connectivity index (χ1n) is 7.99. The van der Waals surface area contributed by atoms with Crippen molar-refractivity contribution in [3.8, 4) is 5.75 Å². The summed E-state index contributed by atoms with van der Waals surface area (Å²) in [6, 6.07) is 13.4. The second kappa shape index (κ2) is 9.27. The number of carbonyl (C=O) groups excluding carboxylic acids is 1. The molecule has 2 aromatic carbocycles. The number of rotatable bonds is 7. The van der Waals surface area contributed by atoms with Crippen LogP contribution >= 0.6 is 27.7 Å². The Morgan fingerprint density at radius 3 is 2.40 bits per heavy atom. The number of hydrogen-bond donors (Lipinski definition) is 2. The molecule has 134 valence electrons. The maximum Gasteiger partial charge on any atom is 0.241 e. The van der Waals surface area contributed by atoms with Gasteiger partial charge in [-0.25, -0.2) is 0 Å². The van der Waals surface area contributed by atoms with Crippen molar-refractivity contribution in [2.24, 2.45) is 0 Å². The van der Waals surface area contributed by atoms with Gasteiger partial charge in [0.1, 0.15) is 5.75 Å². The van der Waals surface area contributed by atoms with E-state index in [-0.39, 0.29) is 18.0 Å². The first-order valence-corrected chi connectivity index (χ1v) is 10.0. The zero-order chi connectivity index (χ0) is 18.4. The number of amides is 1. The molecule has 0 bridgehead atoms. The molecule has 0 saturated heterocycles. The topological polar surface area (TPSA) is 50.4 Å². The lowest BCUT2D eigenvalue weighted by Gasteiger charge is -2.20. The van der Waals surface area contributed by atoms with Crippen molar-refractivity contribution in [2.45, 2.75) is 30.8 Å². The van der Waals surface area contributed by atoms with Crippen LogP contribution in [0.15, 0.2) is 51.8 Å². The van der Waals surface area contributed by atoms with Crippen LogP contribution < -0.4 is 15.4 Å². The molecule has 0 aliphatic rings. The van der Waals surface area contributed by atoms with Gasteiger partial charge in [-0.3, -0.25) is 10.1 Å². The summed E-state index contributed by atoms with van der Waals surface area (Å²) in [4.78, 5) is 13.6. The Balaban J connectivity index is 1.96. The summed E-state index contributed by atoms with van der Waals surface area (Å²) in [6.45, 7) is 3.89. The van der Waals surface area contributed by atoms with Crippen molar-refractivity contribution in [3.05, 3.63) is 52.5 Å². The monoisotopic (exact) mass is 422 g/mol. The fourth-order valence-corrected chi connectivity index (χ4v) is 3.39. The number of benzene rings is 2. The van der Waals surface area contributed by atoms with E-state index in [2.05, 4.69) is 26.6 Å². The Bertz CT molecular complexity index is 722. The fraction of sp³-hybridized carbons (Fsp3) is 0.316. The third-order valence-corrected chi connectivity index (χ3v) is 5.29. The Kier molecular flexibility index (Phi) is 7.35. The van der Waals surface area contributed by atoms with Gasteiger partial charge in [0.2, 0.25) is 5.91 Å². The van der Waals surface area contributed by atoms with Gasteiger partial charge in [0.25, 0.3) is 0 Å². The molecule has 1 amide bonds. The summed E-state index contributed by atoms with van der Waals surface area (Å²) in [5.41, 5.74) is 1.88. The van der Waals surface area contributed by atoms with Crippen molar-refractivity contribution in [1.29, 1.82) is 0 Å². The molecule has 2 rings (SSSR count). The number of halogens is 1. The summed E-state index contributed by atoms with van der Waals surface area (Å²) in [5.74, 6) is 0.728. The number of carbonyl (C=O) groups is 1. The predicted molar refractivity (Wildman–Crippen MR) is 109 cm³/mol. The lowest BCUT2D eigenvalue weighted by molar-refractivity contribution is -0.117. The van der Waals surface area contributed by atoms with Gasteiger partial charge in [0.15, 0.2) is 0 Å². The minimum atomic E-state index is -0.323. The molecule has 25 heavy (non-hydrogen) atoms. The van der Waals surface area contributed by atoms with Gasteiger partial charge < -0.3 is 10.1 Å². The van der Waals surface area contributed by atoms with Crippen LogP contribution in [-0.2, 0) is 4.79 Å². The molecule has 0 aliphatic heterocycles. The Hall–Kier alpha value is -1.50. The van der Waals surface area contributed by atoms with E-state index in [1.807, 2.05) is 62.6 Å². The normalized spacial score (nSPS) is 13.2. The lowest BCUT2D eigenvalue weighted by atomic mass is 10.1. The van der Waals surface area contributed by atoms with E-state index in [9.17, 15) is 4.79 Å². The first-order chi connectivity index (χ1) is 11.9. The highest BCUT2D eigenvalue weighted by Gasteiger charge is 2.17. The third-order valence-electron chi connectivity index (χ3n) is 3.93. The Morgan fingerprint density at radius 2 is 1.84 bits per heavy atom. The second-order valence-electron chi connectivity index (χ2n) is 5.72. The van der Waals surface area contributed by atoms with E-state index < -0.39 is 0 Å². The summed E-state index contributed by atoms with van der Waals surface area (Å²) >= 11 is 5.17. The summed E-state index contributed by atoms with van der Waals surface area (Å²) in [5, 5.41) is 6.27. The van der Waals surface area contributed by atoms with Crippen LogP contribution in [0.3, 0.4) is 0 Å². The maximum absolute atomic E-state index is 12.4. The van der Waals surface area contributed by atoms with Gasteiger partial charge in [0, 0.05) is 16.6 Å². The van der Waals surface area contributed by atoms with Gasteiger partial charge in [-0.05, 0) is 78.0 Å². The van der Waals surface area contributed by atoms with E-state index in [4.69, 9.17) is 4.74 Å². The van der Waals surface area contributed by atoms with Gasteiger partial charge in [-0.2, -0.15) is 0 Å². The maximum atomic E-state index is 12.4. The molecular formula is C19H23BrN2O2S. The molecule has 2 N–H and O–H groups in total. The van der Waals surface area contributed by atoms with Crippen LogP contribution in [0.1, 0.15) is 25.5 Å². The molecule has 0 aromatic heterocycles. The van der Waals surface area contributed by atoms with Gasteiger partial charge in [-0.1, -0.05) is 6.07 Å². The van der Waals surface area contributed by atoms with Crippen molar-refractivity contribution in [1.82, 2.24) is 5.32 Å². The number of methoxy groups -OCH3 is 1. The van der Waals surface area contributed by atoms with Crippen LogP contribution in [0.5, 0.6) is 5.75 Å². The average Bonchev–Trinajstić information content (AvgIpc) is 2.62. The molecule has 2 atom stereocenters. The lowest BCUT2D eigenvalue weighted by Crippen LogP contribution is -2.39. The standard InChI is InChI=1S/C19H23BrN2O2S/c1-12(14-5-10-18(24-3)17(20)11-14)21-13(2)19(23)22-15-6-8-16(25-4)9-7-15/h5-13,21H,1-4H3,(H,22,23). The molecule has 0 fully saturated rings. The average molecular weight is 423 g/mol. The van der Waals surface area contributed by atoms with E-state index in [0.29, 0.717) is 0 Å². The molecule has 2 unspecified atom stereocenters. The van der Waals surface area contributed by atoms with Gasteiger partial charge in [0.05, 0.1) is 17.6 Å². The van der Waals surface area contributed by atoms with Crippen molar-refractivity contribution >= 4 is 39.3 Å². The number of anilines is 1. The van der Waals surface area contributed by atoms with Crippen molar-refractivity contribution in [3.63, 3.8) is 0 Å². The minimum absolute atomic E-state index is 0.0295. The summed E-state index contributed by atoms with van der Waals surface area (Å²) in [6.07, 6.45) is 2.03. The molecule has 2 aromatic rings. The summed E-state index contributed by atoms with van der Waals surface area (Å²) in [7, 11) is 1.64. The van der Waals surface area contributed by atoms with Crippen molar-refractivity contribution < 1.29 is 9.53 Å².